The number of carbonyl (C=O) groups excluding carboxylic acids is 1. The molecular weight excluding hydrogens is 260 g/mol. The molecule has 1 aromatic carbocycles. The van der Waals surface area contributed by atoms with Crippen LogP contribution in [0.15, 0.2) is 29.3 Å². The molecule has 0 saturated carbocycles. The van der Waals surface area contributed by atoms with E-state index in [1.54, 1.807) is 0 Å². The van der Waals surface area contributed by atoms with E-state index in [1.165, 1.54) is 47.9 Å². The molecule has 1 atom stereocenters. The Hall–Kier alpha value is -1.61. The topological polar surface area (TPSA) is 41.1 Å². The van der Waals surface area contributed by atoms with E-state index in [9.17, 15) is 4.79 Å². The second-order valence-electron chi connectivity index (χ2n) is 6.26. The van der Waals surface area contributed by atoms with Crippen molar-refractivity contribution in [2.75, 3.05) is 13.1 Å². The molecule has 2 aliphatic rings. The quantitative estimate of drug-likeness (QED) is 0.838. The Morgan fingerprint density at radius 3 is 2.57 bits per heavy atom. The van der Waals surface area contributed by atoms with Crippen LogP contribution in [-0.4, -0.2) is 19.0 Å². The van der Waals surface area contributed by atoms with Crippen molar-refractivity contribution in [1.82, 2.24) is 10.6 Å². The number of nitrogens with one attached hydrogen (secondary N) is 2. The van der Waals surface area contributed by atoms with Crippen LogP contribution in [0.2, 0.25) is 0 Å². The zero-order valence-electron chi connectivity index (χ0n) is 13.0. The molecule has 3 heteroatoms. The highest BCUT2D eigenvalue weighted by Crippen LogP contribution is 2.25. The highest BCUT2D eigenvalue weighted by atomic mass is 16.1. The number of carbonyl (C=O) groups is 1. The fraction of sp³-hybridized carbons (Fsp3) is 0.500. The first-order chi connectivity index (χ1) is 10.1. The average Bonchev–Trinajstić information content (AvgIpc) is 2.44. The first kappa shape index (κ1) is 14.3. The van der Waals surface area contributed by atoms with Gasteiger partial charge in [-0.25, -0.2) is 0 Å². The molecule has 0 aromatic heterocycles. The molecule has 1 saturated heterocycles. The highest BCUT2D eigenvalue weighted by molar-refractivity contribution is 5.94. The second-order valence-corrected chi connectivity index (χ2v) is 6.26. The summed E-state index contributed by atoms with van der Waals surface area (Å²) in [7, 11) is 0. The van der Waals surface area contributed by atoms with Crippen molar-refractivity contribution in [3.05, 3.63) is 46.0 Å². The Bertz CT molecular complexity index is 583. The van der Waals surface area contributed by atoms with E-state index in [1.807, 2.05) is 6.92 Å². The van der Waals surface area contributed by atoms with Crippen molar-refractivity contribution < 1.29 is 4.79 Å². The second kappa shape index (κ2) is 6.02. The fourth-order valence-corrected chi connectivity index (χ4v) is 3.09. The molecule has 0 radical (unpaired) electrons. The number of aryl methyl sites for hydroxylation is 2. The molecule has 3 nitrogen and oxygen atoms in total. The van der Waals surface area contributed by atoms with Crippen LogP contribution >= 0.6 is 0 Å². The van der Waals surface area contributed by atoms with E-state index in [4.69, 9.17) is 0 Å². The van der Waals surface area contributed by atoms with Gasteiger partial charge in [0.05, 0.1) is 6.04 Å². The Morgan fingerprint density at radius 1 is 1.19 bits per heavy atom. The minimum absolute atomic E-state index is 0.0633. The lowest BCUT2D eigenvalue weighted by Crippen LogP contribution is -2.38. The molecule has 0 spiro atoms. The first-order valence-electron chi connectivity index (χ1n) is 7.97. The summed E-state index contributed by atoms with van der Waals surface area (Å²) in [5.74, 6) is 0.0664. The molecule has 1 aromatic rings. The van der Waals surface area contributed by atoms with Crippen LogP contribution in [0.1, 0.15) is 49.4 Å². The molecule has 1 aliphatic heterocycles. The molecule has 2 N–H and O–H groups in total. The lowest BCUT2D eigenvalue weighted by atomic mass is 9.89. The van der Waals surface area contributed by atoms with E-state index in [0.717, 1.165) is 18.7 Å². The van der Waals surface area contributed by atoms with Crippen LogP contribution in [0, 0.1) is 0 Å². The molecule has 1 heterocycles. The summed E-state index contributed by atoms with van der Waals surface area (Å²) in [5.41, 5.74) is 6.28. The molecule has 1 fully saturated rings. The van der Waals surface area contributed by atoms with Gasteiger partial charge in [-0.3, -0.25) is 4.79 Å². The van der Waals surface area contributed by atoms with Gasteiger partial charge in [-0.05, 0) is 61.8 Å². The molecule has 3 rings (SSSR count). The normalized spacial score (nSPS) is 18.5. The minimum atomic E-state index is 0.0633. The van der Waals surface area contributed by atoms with Gasteiger partial charge in [0.1, 0.15) is 0 Å². The van der Waals surface area contributed by atoms with Gasteiger partial charge < -0.3 is 10.6 Å². The van der Waals surface area contributed by atoms with Gasteiger partial charge in [-0.15, -0.1) is 0 Å². The van der Waals surface area contributed by atoms with Gasteiger partial charge in [-0.2, -0.15) is 0 Å². The number of fused-ring (bicyclic) bond motifs is 1. The van der Waals surface area contributed by atoms with E-state index in [2.05, 4.69) is 35.8 Å². The minimum Gasteiger partial charge on any atom is -0.346 e. The third-order valence-corrected chi connectivity index (χ3v) is 4.77. The number of amides is 1. The maximum Gasteiger partial charge on any atom is 0.247 e. The lowest BCUT2D eigenvalue weighted by molar-refractivity contribution is -0.118. The van der Waals surface area contributed by atoms with Gasteiger partial charge in [0.2, 0.25) is 5.91 Å². The third kappa shape index (κ3) is 3.03. The maximum absolute atomic E-state index is 12.3. The Labute approximate surface area is 126 Å². The molecule has 1 aliphatic carbocycles. The van der Waals surface area contributed by atoms with Crippen LogP contribution in [0.5, 0.6) is 0 Å². The average molecular weight is 284 g/mol. The van der Waals surface area contributed by atoms with Crippen LogP contribution in [0.25, 0.3) is 0 Å². The predicted molar refractivity (Wildman–Crippen MR) is 85.2 cm³/mol. The zero-order chi connectivity index (χ0) is 14.8. The summed E-state index contributed by atoms with van der Waals surface area (Å²) >= 11 is 0. The fourth-order valence-electron chi connectivity index (χ4n) is 3.09. The van der Waals surface area contributed by atoms with Crippen LogP contribution in [-0.2, 0) is 17.6 Å². The monoisotopic (exact) mass is 284 g/mol. The number of hydrogen-bond acceptors (Lipinski definition) is 2. The van der Waals surface area contributed by atoms with Crippen molar-refractivity contribution >= 4 is 5.91 Å². The van der Waals surface area contributed by atoms with Gasteiger partial charge in [-0.1, -0.05) is 18.2 Å². The van der Waals surface area contributed by atoms with Crippen LogP contribution in [0.4, 0.5) is 0 Å². The Balaban J connectivity index is 1.70. The van der Waals surface area contributed by atoms with Crippen molar-refractivity contribution in [2.24, 2.45) is 0 Å². The lowest BCUT2D eigenvalue weighted by Gasteiger charge is -2.23. The summed E-state index contributed by atoms with van der Waals surface area (Å²) in [6.07, 6.45) is 4.97. The van der Waals surface area contributed by atoms with Gasteiger partial charge in [0.25, 0.3) is 0 Å². The van der Waals surface area contributed by atoms with Crippen molar-refractivity contribution in [1.29, 1.82) is 0 Å². The summed E-state index contributed by atoms with van der Waals surface area (Å²) in [6.45, 7) is 5.70. The zero-order valence-corrected chi connectivity index (χ0v) is 13.0. The molecule has 1 amide bonds. The highest BCUT2D eigenvalue weighted by Gasteiger charge is 2.18. The van der Waals surface area contributed by atoms with Gasteiger partial charge in [0, 0.05) is 18.7 Å². The summed E-state index contributed by atoms with van der Waals surface area (Å²) in [6, 6.07) is 6.76. The largest absolute Gasteiger partial charge is 0.346 e. The van der Waals surface area contributed by atoms with Gasteiger partial charge in [0.15, 0.2) is 0 Å². The predicted octanol–water partition coefficient (Wildman–Crippen LogP) is 2.66. The molecule has 0 bridgehead atoms. The summed E-state index contributed by atoms with van der Waals surface area (Å²) in [5, 5.41) is 6.31. The SMILES string of the molecule is CC(C(=O)NC(C)c1ccc2c(c1)CCCC2)=C1CNC1. The summed E-state index contributed by atoms with van der Waals surface area (Å²) in [4.78, 5) is 12.3. The standard InChI is InChI=1S/C18H24N2O/c1-12(17-10-19-11-17)18(21)20-13(2)15-8-7-14-5-3-4-6-16(14)9-15/h7-9,13,19H,3-6,10-11H2,1-2H3,(H,20,21). The Morgan fingerprint density at radius 2 is 1.90 bits per heavy atom. The molecule has 112 valence electrons. The first-order valence-corrected chi connectivity index (χ1v) is 7.97. The summed E-state index contributed by atoms with van der Waals surface area (Å²) < 4.78 is 0. The Kier molecular flexibility index (Phi) is 4.11. The maximum atomic E-state index is 12.3. The number of benzene rings is 1. The molecule has 1 unspecified atom stereocenters. The molecule has 21 heavy (non-hydrogen) atoms. The van der Waals surface area contributed by atoms with Crippen LogP contribution in [0.3, 0.4) is 0 Å². The van der Waals surface area contributed by atoms with E-state index < -0.39 is 0 Å². The third-order valence-electron chi connectivity index (χ3n) is 4.77. The van der Waals surface area contributed by atoms with Crippen molar-refractivity contribution in [2.45, 2.75) is 45.6 Å². The van der Waals surface area contributed by atoms with Crippen LogP contribution < -0.4 is 10.6 Å². The van der Waals surface area contributed by atoms with E-state index in [0.29, 0.717) is 0 Å². The number of rotatable bonds is 3. The van der Waals surface area contributed by atoms with Crippen molar-refractivity contribution in [3.63, 3.8) is 0 Å². The van der Waals surface area contributed by atoms with Gasteiger partial charge >= 0.3 is 0 Å². The number of hydrogen-bond donors (Lipinski definition) is 2. The molecular formula is C18H24N2O. The van der Waals surface area contributed by atoms with E-state index >= 15 is 0 Å². The smallest absolute Gasteiger partial charge is 0.247 e. The van der Waals surface area contributed by atoms with E-state index in [-0.39, 0.29) is 11.9 Å². The van der Waals surface area contributed by atoms with Crippen molar-refractivity contribution in [3.8, 4) is 0 Å².